The zero-order chi connectivity index (χ0) is 16.4. The Balaban J connectivity index is 1.59. The van der Waals surface area contributed by atoms with Gasteiger partial charge in [0.05, 0.1) is 5.60 Å². The number of methoxy groups -OCH3 is 1. The molecule has 3 heterocycles. The number of rotatable bonds is 3. The SMILES string of the molecule is COCC(=O)N1CC[C@@]2(CC[C@H](C(=O)N3CCCC3)O2)[C@H](C)C1. The Kier molecular flexibility index (Phi) is 4.92. The molecule has 3 aliphatic heterocycles. The maximum absolute atomic E-state index is 12.6. The van der Waals surface area contributed by atoms with E-state index >= 15 is 0 Å². The summed E-state index contributed by atoms with van der Waals surface area (Å²) in [7, 11) is 1.54. The lowest BCUT2D eigenvalue weighted by Crippen LogP contribution is -2.53. The third-order valence-corrected chi connectivity index (χ3v) is 5.72. The Labute approximate surface area is 138 Å². The molecule has 6 nitrogen and oxygen atoms in total. The van der Waals surface area contributed by atoms with Gasteiger partial charge in [0.1, 0.15) is 12.7 Å². The Morgan fingerprint density at radius 2 is 1.91 bits per heavy atom. The van der Waals surface area contributed by atoms with Crippen molar-refractivity contribution in [1.82, 2.24) is 9.80 Å². The smallest absolute Gasteiger partial charge is 0.251 e. The van der Waals surface area contributed by atoms with Crippen LogP contribution < -0.4 is 0 Å². The van der Waals surface area contributed by atoms with E-state index in [0.717, 1.165) is 45.2 Å². The first-order chi connectivity index (χ1) is 11.1. The van der Waals surface area contributed by atoms with E-state index in [1.165, 1.54) is 0 Å². The van der Waals surface area contributed by atoms with Crippen LogP contribution in [0.15, 0.2) is 0 Å². The number of hydrogen-bond donors (Lipinski definition) is 0. The molecule has 0 unspecified atom stereocenters. The lowest BCUT2D eigenvalue weighted by molar-refractivity contribution is -0.160. The Morgan fingerprint density at radius 3 is 2.57 bits per heavy atom. The fourth-order valence-corrected chi connectivity index (χ4v) is 4.24. The van der Waals surface area contributed by atoms with Crippen molar-refractivity contribution in [2.45, 2.75) is 50.7 Å². The average Bonchev–Trinajstić information content (AvgIpc) is 3.20. The van der Waals surface area contributed by atoms with Gasteiger partial charge in [0.2, 0.25) is 5.91 Å². The normalized spacial score (nSPS) is 34.3. The van der Waals surface area contributed by atoms with Crippen molar-refractivity contribution in [2.75, 3.05) is 39.9 Å². The van der Waals surface area contributed by atoms with Crippen LogP contribution in [0.25, 0.3) is 0 Å². The standard InChI is InChI=1S/C17H28N2O4/c1-13-11-19(15(20)12-22-2)10-7-17(13)6-5-14(23-17)16(21)18-8-3-4-9-18/h13-14H,3-12H2,1-2H3/t13-,14-,17+/m1/s1. The van der Waals surface area contributed by atoms with Gasteiger partial charge < -0.3 is 19.3 Å². The van der Waals surface area contributed by atoms with Gasteiger partial charge in [0.25, 0.3) is 5.91 Å². The van der Waals surface area contributed by atoms with Crippen molar-refractivity contribution >= 4 is 11.8 Å². The molecule has 23 heavy (non-hydrogen) atoms. The zero-order valence-electron chi connectivity index (χ0n) is 14.3. The maximum atomic E-state index is 12.6. The quantitative estimate of drug-likeness (QED) is 0.778. The molecule has 0 aromatic rings. The number of carbonyl (C=O) groups excluding carboxylic acids is 2. The van der Waals surface area contributed by atoms with Gasteiger partial charge in [-0.05, 0) is 32.1 Å². The molecule has 0 N–H and O–H groups in total. The highest BCUT2D eigenvalue weighted by molar-refractivity contribution is 5.81. The first-order valence-corrected chi connectivity index (χ1v) is 8.79. The van der Waals surface area contributed by atoms with Crippen molar-refractivity contribution in [1.29, 1.82) is 0 Å². The van der Waals surface area contributed by atoms with Gasteiger partial charge in [-0.2, -0.15) is 0 Å². The van der Waals surface area contributed by atoms with Crippen molar-refractivity contribution in [3.8, 4) is 0 Å². The van der Waals surface area contributed by atoms with E-state index in [2.05, 4.69) is 6.92 Å². The van der Waals surface area contributed by atoms with Crippen LogP contribution in [-0.2, 0) is 19.1 Å². The third-order valence-electron chi connectivity index (χ3n) is 5.72. The summed E-state index contributed by atoms with van der Waals surface area (Å²) in [6, 6.07) is 0. The first kappa shape index (κ1) is 16.7. The maximum Gasteiger partial charge on any atom is 0.251 e. The zero-order valence-corrected chi connectivity index (χ0v) is 14.3. The first-order valence-electron chi connectivity index (χ1n) is 8.79. The molecule has 0 aliphatic carbocycles. The molecule has 130 valence electrons. The van der Waals surface area contributed by atoms with Crippen LogP contribution in [0.3, 0.4) is 0 Å². The topological polar surface area (TPSA) is 59.1 Å². The van der Waals surface area contributed by atoms with Gasteiger partial charge >= 0.3 is 0 Å². The minimum Gasteiger partial charge on any atom is -0.375 e. The molecule has 3 saturated heterocycles. The van der Waals surface area contributed by atoms with E-state index in [1.807, 2.05) is 9.80 Å². The summed E-state index contributed by atoms with van der Waals surface area (Å²) in [6.07, 6.45) is 4.48. The monoisotopic (exact) mass is 324 g/mol. The lowest BCUT2D eigenvalue weighted by Gasteiger charge is -2.44. The number of piperidine rings is 1. The van der Waals surface area contributed by atoms with Gasteiger partial charge in [-0.3, -0.25) is 9.59 Å². The molecular formula is C17H28N2O4. The largest absolute Gasteiger partial charge is 0.375 e. The molecule has 1 spiro atoms. The predicted octanol–water partition coefficient (Wildman–Crippen LogP) is 1.04. The predicted molar refractivity (Wildman–Crippen MR) is 84.9 cm³/mol. The summed E-state index contributed by atoms with van der Waals surface area (Å²) in [5.41, 5.74) is -0.232. The second-order valence-corrected chi connectivity index (χ2v) is 7.17. The lowest BCUT2D eigenvalue weighted by atomic mass is 9.80. The molecule has 0 aromatic heterocycles. The molecule has 3 fully saturated rings. The molecular weight excluding hydrogens is 296 g/mol. The number of nitrogens with zero attached hydrogens (tertiary/aromatic N) is 2. The number of carbonyl (C=O) groups is 2. The van der Waals surface area contributed by atoms with Crippen LogP contribution in [0.2, 0.25) is 0 Å². The van der Waals surface area contributed by atoms with E-state index < -0.39 is 0 Å². The second kappa shape index (κ2) is 6.77. The summed E-state index contributed by atoms with van der Waals surface area (Å²) >= 11 is 0. The van der Waals surface area contributed by atoms with E-state index in [1.54, 1.807) is 7.11 Å². The Morgan fingerprint density at radius 1 is 1.17 bits per heavy atom. The van der Waals surface area contributed by atoms with Gasteiger partial charge in [-0.15, -0.1) is 0 Å². The average molecular weight is 324 g/mol. The van der Waals surface area contributed by atoms with Crippen LogP contribution in [0.1, 0.15) is 39.0 Å². The van der Waals surface area contributed by atoms with Crippen LogP contribution in [0.5, 0.6) is 0 Å². The summed E-state index contributed by atoms with van der Waals surface area (Å²) in [4.78, 5) is 28.4. The minimum atomic E-state index is -0.281. The summed E-state index contributed by atoms with van der Waals surface area (Å²) in [5.74, 6) is 0.454. The van der Waals surface area contributed by atoms with Crippen LogP contribution in [-0.4, -0.2) is 73.2 Å². The van der Waals surface area contributed by atoms with E-state index in [4.69, 9.17) is 9.47 Å². The second-order valence-electron chi connectivity index (χ2n) is 7.17. The minimum absolute atomic E-state index is 0.0388. The highest BCUT2D eigenvalue weighted by Gasteiger charge is 2.50. The molecule has 0 radical (unpaired) electrons. The third kappa shape index (κ3) is 3.24. The van der Waals surface area contributed by atoms with Crippen LogP contribution in [0, 0.1) is 5.92 Å². The molecule has 0 aromatic carbocycles. The summed E-state index contributed by atoms with van der Waals surface area (Å²) in [6.45, 7) is 5.40. The van der Waals surface area contributed by atoms with Gasteiger partial charge in [-0.25, -0.2) is 0 Å². The Hall–Kier alpha value is -1.14. The Bertz CT molecular complexity index is 464. The molecule has 6 heteroatoms. The van der Waals surface area contributed by atoms with Crippen LogP contribution in [0.4, 0.5) is 0 Å². The van der Waals surface area contributed by atoms with Gasteiger partial charge in [0.15, 0.2) is 0 Å². The summed E-state index contributed by atoms with van der Waals surface area (Å²) < 4.78 is 11.2. The van der Waals surface area contributed by atoms with Crippen molar-refractivity contribution in [3.63, 3.8) is 0 Å². The van der Waals surface area contributed by atoms with E-state index in [-0.39, 0.29) is 36.0 Å². The van der Waals surface area contributed by atoms with Gasteiger partial charge in [-0.1, -0.05) is 6.92 Å². The number of ether oxygens (including phenoxy) is 2. The molecule has 2 amide bonds. The fraction of sp³-hybridized carbons (Fsp3) is 0.882. The number of likely N-dealkylation sites (tertiary alicyclic amines) is 2. The summed E-state index contributed by atoms with van der Waals surface area (Å²) in [5, 5.41) is 0. The molecule has 0 bridgehead atoms. The van der Waals surface area contributed by atoms with E-state index in [9.17, 15) is 9.59 Å². The van der Waals surface area contributed by atoms with Crippen molar-refractivity contribution < 1.29 is 19.1 Å². The van der Waals surface area contributed by atoms with Crippen molar-refractivity contribution in [3.05, 3.63) is 0 Å². The van der Waals surface area contributed by atoms with Crippen LogP contribution >= 0.6 is 0 Å². The van der Waals surface area contributed by atoms with Gasteiger partial charge in [0, 0.05) is 39.2 Å². The highest BCUT2D eigenvalue weighted by atomic mass is 16.5. The highest BCUT2D eigenvalue weighted by Crippen LogP contribution is 2.42. The number of amides is 2. The number of hydrogen-bond acceptors (Lipinski definition) is 4. The fourth-order valence-electron chi connectivity index (χ4n) is 4.24. The van der Waals surface area contributed by atoms with Crippen molar-refractivity contribution in [2.24, 2.45) is 5.92 Å². The van der Waals surface area contributed by atoms with E-state index in [0.29, 0.717) is 13.1 Å². The molecule has 3 atom stereocenters. The molecule has 0 saturated carbocycles. The molecule has 3 rings (SSSR count). The molecule has 3 aliphatic rings.